The largest absolute Gasteiger partial charge is 0.479 e. The minimum Gasteiger partial charge on any atom is -0.479 e. The highest BCUT2D eigenvalue weighted by molar-refractivity contribution is 5.96. The van der Waals surface area contributed by atoms with E-state index in [-0.39, 0.29) is 32.0 Å². The summed E-state index contributed by atoms with van der Waals surface area (Å²) in [5.74, 6) is -2.30. The summed E-state index contributed by atoms with van der Waals surface area (Å²) in [6, 6.07) is 9.29. The fraction of sp³-hybridized carbons (Fsp3) is 0.571. The molecule has 3 N–H and O–H groups in total. The molecule has 1 unspecified atom stereocenters. The molecule has 0 spiro atoms. The second-order valence-electron chi connectivity index (χ2n) is 7.89. The molecule has 1 aliphatic carbocycles. The molecule has 2 aliphatic rings. The number of benzene rings is 1. The molecule has 0 bridgehead atoms. The highest BCUT2D eigenvalue weighted by Crippen LogP contribution is 2.56. The first-order valence-corrected chi connectivity index (χ1v) is 9.83. The van der Waals surface area contributed by atoms with Crippen molar-refractivity contribution in [1.82, 2.24) is 4.90 Å². The molecular weight excluding hydrogens is 360 g/mol. The summed E-state index contributed by atoms with van der Waals surface area (Å²) in [7, 11) is 0. The van der Waals surface area contributed by atoms with Gasteiger partial charge in [0.05, 0.1) is 6.54 Å². The molecule has 1 heterocycles. The summed E-state index contributed by atoms with van der Waals surface area (Å²) in [5.41, 5.74) is 3.42. The Morgan fingerprint density at radius 3 is 2.43 bits per heavy atom. The number of aliphatic carboxylic acids is 1. The van der Waals surface area contributed by atoms with Crippen LogP contribution in [0.3, 0.4) is 0 Å². The number of nitrogens with two attached hydrogens (primary N) is 1. The lowest BCUT2D eigenvalue weighted by atomic mass is 9.62. The average Bonchev–Trinajstić information content (AvgIpc) is 3.34. The molecule has 28 heavy (non-hydrogen) atoms. The molecule has 2 atom stereocenters. The van der Waals surface area contributed by atoms with E-state index in [9.17, 15) is 19.5 Å². The number of carbonyl (C=O) groups excluding carboxylic acids is 2. The summed E-state index contributed by atoms with van der Waals surface area (Å²) in [5, 5.41) is 10.2. The monoisotopic (exact) mass is 388 g/mol. The van der Waals surface area contributed by atoms with Crippen LogP contribution in [-0.4, -0.2) is 46.5 Å². The van der Waals surface area contributed by atoms with Crippen molar-refractivity contribution in [3.63, 3.8) is 0 Å². The fourth-order valence-electron chi connectivity index (χ4n) is 5.13. The third-order valence-electron chi connectivity index (χ3n) is 6.66. The minimum atomic E-state index is -1.67. The van der Waals surface area contributed by atoms with Gasteiger partial charge in [-0.3, -0.25) is 9.59 Å². The molecule has 7 heteroatoms. The molecule has 3 rings (SSSR count). The molecule has 0 radical (unpaired) electrons. The summed E-state index contributed by atoms with van der Waals surface area (Å²) in [6.07, 6.45) is 3.68. The zero-order valence-corrected chi connectivity index (χ0v) is 16.2. The number of likely N-dealkylation sites (tertiary alicyclic amines) is 1. The number of esters is 1. The van der Waals surface area contributed by atoms with Crippen LogP contribution >= 0.6 is 0 Å². The zero-order chi connectivity index (χ0) is 20.4. The van der Waals surface area contributed by atoms with E-state index in [0.717, 1.165) is 31.2 Å². The Kier molecular flexibility index (Phi) is 5.74. The van der Waals surface area contributed by atoms with E-state index in [4.69, 9.17) is 10.5 Å². The lowest BCUT2D eigenvalue weighted by molar-refractivity contribution is -0.180. The maximum atomic E-state index is 13.4. The van der Waals surface area contributed by atoms with E-state index in [2.05, 4.69) is 0 Å². The Labute approximate surface area is 164 Å². The van der Waals surface area contributed by atoms with E-state index >= 15 is 0 Å². The molecule has 0 aromatic heterocycles. The predicted molar refractivity (Wildman–Crippen MR) is 102 cm³/mol. The van der Waals surface area contributed by atoms with Crippen LogP contribution in [0.15, 0.2) is 30.3 Å². The minimum absolute atomic E-state index is 0.0781. The number of carboxylic acids is 1. The van der Waals surface area contributed by atoms with E-state index in [0.29, 0.717) is 0 Å². The standard InChI is InChI=1S/C21H28N2O5/c1-20(18(25)26)21(16-9-5-6-10-16,11-12-23(20)17(24)13-22)19(27)28-14-15-7-3-2-4-8-15/h2-4,7-8,16H,5-6,9-14,22H2,1H3,(H,25,26)/t20-,21?/m1/s1. The second-order valence-corrected chi connectivity index (χ2v) is 7.89. The predicted octanol–water partition coefficient (Wildman–Crippen LogP) is 1.94. The first-order valence-electron chi connectivity index (χ1n) is 9.83. The Bertz CT molecular complexity index is 746. The van der Waals surface area contributed by atoms with Gasteiger partial charge in [-0.1, -0.05) is 43.2 Å². The van der Waals surface area contributed by atoms with Gasteiger partial charge >= 0.3 is 11.9 Å². The van der Waals surface area contributed by atoms with Gasteiger partial charge in [0.25, 0.3) is 0 Å². The van der Waals surface area contributed by atoms with Crippen molar-refractivity contribution in [2.24, 2.45) is 17.1 Å². The highest BCUT2D eigenvalue weighted by Gasteiger charge is 2.70. The molecule has 1 saturated heterocycles. The van der Waals surface area contributed by atoms with Crippen molar-refractivity contribution < 1.29 is 24.2 Å². The first kappa shape index (κ1) is 20.3. The van der Waals surface area contributed by atoms with E-state index in [1.54, 1.807) is 0 Å². The van der Waals surface area contributed by atoms with Gasteiger partial charge < -0.3 is 20.5 Å². The van der Waals surface area contributed by atoms with Crippen LogP contribution in [0.4, 0.5) is 0 Å². The number of carboxylic acid groups (broad SMARTS) is 1. The van der Waals surface area contributed by atoms with Gasteiger partial charge in [-0.05, 0) is 37.7 Å². The molecule has 1 amide bonds. The lowest BCUT2D eigenvalue weighted by Crippen LogP contribution is -2.64. The van der Waals surface area contributed by atoms with Gasteiger partial charge in [-0.25, -0.2) is 4.79 Å². The molecule has 152 valence electrons. The average molecular weight is 388 g/mol. The maximum Gasteiger partial charge on any atom is 0.330 e. The SMILES string of the molecule is C[C@]1(C(=O)O)N(C(=O)CN)CCC1(C(=O)OCc1ccccc1)C1CCCC1. The molecule has 1 aromatic carbocycles. The molecule has 2 fully saturated rings. The van der Waals surface area contributed by atoms with E-state index in [1.165, 1.54) is 11.8 Å². The third-order valence-corrected chi connectivity index (χ3v) is 6.66. The smallest absolute Gasteiger partial charge is 0.330 e. The molecule has 1 aromatic rings. The van der Waals surface area contributed by atoms with Crippen LogP contribution in [0, 0.1) is 11.3 Å². The number of rotatable bonds is 6. The molecule has 7 nitrogen and oxygen atoms in total. The second kappa shape index (κ2) is 7.91. The van der Waals surface area contributed by atoms with Gasteiger partial charge in [0, 0.05) is 6.54 Å². The Morgan fingerprint density at radius 1 is 1.21 bits per heavy atom. The lowest BCUT2D eigenvalue weighted by Gasteiger charge is -2.45. The van der Waals surface area contributed by atoms with Crippen LogP contribution in [0.5, 0.6) is 0 Å². The zero-order valence-electron chi connectivity index (χ0n) is 16.2. The van der Waals surface area contributed by atoms with Gasteiger partial charge in [-0.2, -0.15) is 0 Å². The highest BCUT2D eigenvalue weighted by atomic mass is 16.5. The molecular formula is C21H28N2O5. The van der Waals surface area contributed by atoms with Gasteiger partial charge in [-0.15, -0.1) is 0 Å². The van der Waals surface area contributed by atoms with Crippen molar-refractivity contribution in [3.8, 4) is 0 Å². The van der Waals surface area contributed by atoms with Crippen LogP contribution in [-0.2, 0) is 25.7 Å². The van der Waals surface area contributed by atoms with Crippen molar-refractivity contribution in [2.45, 2.75) is 51.2 Å². The summed E-state index contributed by atoms with van der Waals surface area (Å²) >= 11 is 0. The van der Waals surface area contributed by atoms with E-state index in [1.807, 2.05) is 30.3 Å². The third kappa shape index (κ3) is 3.07. The summed E-state index contributed by atoms with van der Waals surface area (Å²) < 4.78 is 5.66. The number of carbonyl (C=O) groups is 3. The fourth-order valence-corrected chi connectivity index (χ4v) is 5.13. The number of ether oxygens (including phenoxy) is 1. The van der Waals surface area contributed by atoms with E-state index < -0.39 is 28.8 Å². The summed E-state index contributed by atoms with van der Waals surface area (Å²) in [4.78, 5) is 39.6. The normalized spacial score (nSPS) is 27.7. The number of hydrogen-bond donors (Lipinski definition) is 2. The number of amides is 1. The maximum absolute atomic E-state index is 13.4. The van der Waals surface area contributed by atoms with Gasteiger partial charge in [0.2, 0.25) is 5.91 Å². The van der Waals surface area contributed by atoms with Crippen LogP contribution in [0.1, 0.15) is 44.6 Å². The molecule has 1 saturated carbocycles. The Balaban J connectivity index is 1.98. The first-order chi connectivity index (χ1) is 13.4. The van der Waals surface area contributed by atoms with Gasteiger partial charge in [0.1, 0.15) is 12.0 Å². The van der Waals surface area contributed by atoms with Crippen LogP contribution < -0.4 is 5.73 Å². The molecule has 1 aliphatic heterocycles. The summed E-state index contributed by atoms with van der Waals surface area (Å²) in [6.45, 7) is 1.46. The van der Waals surface area contributed by atoms with Crippen molar-refractivity contribution in [1.29, 1.82) is 0 Å². The van der Waals surface area contributed by atoms with Crippen molar-refractivity contribution >= 4 is 17.8 Å². The Morgan fingerprint density at radius 2 is 1.86 bits per heavy atom. The van der Waals surface area contributed by atoms with Gasteiger partial charge in [0.15, 0.2) is 5.54 Å². The van der Waals surface area contributed by atoms with Crippen molar-refractivity contribution in [3.05, 3.63) is 35.9 Å². The quantitative estimate of drug-likeness (QED) is 0.721. The van der Waals surface area contributed by atoms with Crippen molar-refractivity contribution in [2.75, 3.05) is 13.1 Å². The van der Waals surface area contributed by atoms with Crippen LogP contribution in [0.25, 0.3) is 0 Å². The number of hydrogen-bond acceptors (Lipinski definition) is 5. The number of nitrogens with zero attached hydrogens (tertiary/aromatic N) is 1. The van der Waals surface area contributed by atoms with Crippen LogP contribution in [0.2, 0.25) is 0 Å². The topological polar surface area (TPSA) is 110 Å². The Hall–Kier alpha value is -2.41.